The van der Waals surface area contributed by atoms with Gasteiger partial charge in [0.05, 0.1) is 31.6 Å². The van der Waals surface area contributed by atoms with E-state index in [1.165, 1.54) is 0 Å². The molecule has 1 aliphatic rings. The predicted molar refractivity (Wildman–Crippen MR) is 128 cm³/mol. The number of hydrogen-bond donors (Lipinski definition) is 2. The lowest BCUT2D eigenvalue weighted by atomic mass is 10.1. The van der Waals surface area contributed by atoms with E-state index in [4.69, 9.17) is 14.2 Å². The maximum absolute atomic E-state index is 11.9. The Balaban J connectivity index is 1.42. The highest BCUT2D eigenvalue weighted by Crippen LogP contribution is 2.30. The summed E-state index contributed by atoms with van der Waals surface area (Å²) in [7, 11) is 1.62. The molecule has 3 aromatic carbocycles. The number of anilines is 2. The van der Waals surface area contributed by atoms with Crippen LogP contribution in [0.25, 0.3) is 0 Å². The molecule has 2 N–H and O–H groups in total. The van der Waals surface area contributed by atoms with Gasteiger partial charge in [-0.1, -0.05) is 36.4 Å². The van der Waals surface area contributed by atoms with Gasteiger partial charge in [-0.25, -0.2) is 4.79 Å². The number of nitrogens with one attached hydrogen (secondary N) is 1. The molecule has 0 aromatic heterocycles. The van der Waals surface area contributed by atoms with Crippen LogP contribution >= 0.6 is 0 Å². The summed E-state index contributed by atoms with van der Waals surface area (Å²) < 4.78 is 16.8. The first-order valence-corrected chi connectivity index (χ1v) is 10.9. The highest BCUT2D eigenvalue weighted by atomic mass is 16.5. The lowest BCUT2D eigenvalue weighted by Gasteiger charge is -2.30. The molecule has 7 nitrogen and oxygen atoms in total. The van der Waals surface area contributed by atoms with Crippen molar-refractivity contribution in [1.29, 1.82) is 0 Å². The number of benzene rings is 3. The van der Waals surface area contributed by atoms with Gasteiger partial charge in [-0.05, 0) is 41.5 Å². The third-order valence-corrected chi connectivity index (χ3v) is 5.54. The maximum Gasteiger partial charge on any atom is 0.337 e. The fourth-order valence-electron chi connectivity index (χ4n) is 3.78. The van der Waals surface area contributed by atoms with Crippen LogP contribution in [0.4, 0.5) is 11.4 Å². The molecule has 0 atom stereocenters. The Morgan fingerprint density at radius 2 is 1.79 bits per heavy atom. The average Bonchev–Trinajstić information content (AvgIpc) is 2.87. The summed E-state index contributed by atoms with van der Waals surface area (Å²) in [6, 6.07) is 21.2. The number of carbonyl (C=O) groups is 1. The van der Waals surface area contributed by atoms with Crippen molar-refractivity contribution < 1.29 is 24.1 Å². The van der Waals surface area contributed by atoms with E-state index in [0.29, 0.717) is 51.0 Å². The number of carboxylic acid groups (broad SMARTS) is 1. The molecule has 0 amide bonds. The van der Waals surface area contributed by atoms with Gasteiger partial charge in [-0.15, -0.1) is 0 Å². The third-order valence-electron chi connectivity index (χ3n) is 5.54. The first-order chi connectivity index (χ1) is 16.1. The molecule has 1 heterocycles. The van der Waals surface area contributed by atoms with Crippen molar-refractivity contribution in [1.82, 2.24) is 0 Å². The predicted octanol–water partition coefficient (Wildman–Crippen LogP) is 4.42. The molecular weight excluding hydrogens is 420 g/mol. The minimum Gasteiger partial charge on any atom is -0.493 e. The van der Waals surface area contributed by atoms with Crippen LogP contribution < -0.4 is 19.7 Å². The largest absolute Gasteiger partial charge is 0.493 e. The molecule has 0 radical (unpaired) electrons. The summed E-state index contributed by atoms with van der Waals surface area (Å²) in [5.41, 5.74) is 3.82. The van der Waals surface area contributed by atoms with Crippen molar-refractivity contribution in [2.45, 2.75) is 13.2 Å². The fourth-order valence-corrected chi connectivity index (χ4v) is 3.78. The zero-order chi connectivity index (χ0) is 23.0. The molecule has 0 bridgehead atoms. The number of hydrogen-bond acceptors (Lipinski definition) is 6. The second kappa shape index (κ2) is 10.7. The van der Waals surface area contributed by atoms with Gasteiger partial charge in [0, 0.05) is 25.3 Å². The Hall–Kier alpha value is -3.71. The highest BCUT2D eigenvalue weighted by molar-refractivity contribution is 5.95. The number of aromatic carboxylic acids is 1. The van der Waals surface area contributed by atoms with Crippen molar-refractivity contribution in [3.05, 3.63) is 83.4 Å². The van der Waals surface area contributed by atoms with Crippen LogP contribution in [0.3, 0.4) is 0 Å². The van der Waals surface area contributed by atoms with E-state index in [1.807, 2.05) is 60.7 Å². The summed E-state index contributed by atoms with van der Waals surface area (Å²) in [6.45, 7) is 3.56. The van der Waals surface area contributed by atoms with E-state index in [-0.39, 0.29) is 5.56 Å². The lowest BCUT2D eigenvalue weighted by molar-refractivity contribution is 0.0696. The van der Waals surface area contributed by atoms with E-state index in [1.54, 1.807) is 13.2 Å². The second-order valence-electron chi connectivity index (χ2n) is 7.75. The van der Waals surface area contributed by atoms with E-state index in [0.717, 1.165) is 22.5 Å². The minimum absolute atomic E-state index is 0.282. The summed E-state index contributed by atoms with van der Waals surface area (Å²) >= 11 is 0. The van der Waals surface area contributed by atoms with Crippen molar-refractivity contribution in [3.8, 4) is 11.5 Å². The molecule has 1 fully saturated rings. The number of methoxy groups -OCH3 is 1. The van der Waals surface area contributed by atoms with Crippen LogP contribution in [0.15, 0.2) is 66.7 Å². The van der Waals surface area contributed by atoms with Crippen molar-refractivity contribution >= 4 is 17.3 Å². The summed E-state index contributed by atoms with van der Waals surface area (Å²) in [4.78, 5) is 13.9. The molecule has 0 spiro atoms. The van der Waals surface area contributed by atoms with Crippen molar-refractivity contribution in [2.24, 2.45) is 0 Å². The number of carboxylic acids is 1. The quantitative estimate of drug-likeness (QED) is 0.502. The normalized spacial score (nSPS) is 13.4. The third kappa shape index (κ3) is 5.75. The first-order valence-electron chi connectivity index (χ1n) is 10.9. The van der Waals surface area contributed by atoms with Crippen LogP contribution in [0, 0.1) is 0 Å². The van der Waals surface area contributed by atoms with Crippen molar-refractivity contribution in [3.63, 3.8) is 0 Å². The molecule has 0 aliphatic carbocycles. The molecule has 4 rings (SSSR count). The molecule has 0 saturated carbocycles. The number of morpholine rings is 1. The van der Waals surface area contributed by atoms with Gasteiger partial charge in [-0.3, -0.25) is 0 Å². The lowest BCUT2D eigenvalue weighted by Crippen LogP contribution is -2.37. The Morgan fingerprint density at radius 1 is 1.00 bits per heavy atom. The van der Waals surface area contributed by atoms with Crippen LogP contribution in [-0.4, -0.2) is 44.5 Å². The van der Waals surface area contributed by atoms with Gasteiger partial charge in [-0.2, -0.15) is 0 Å². The number of rotatable bonds is 9. The van der Waals surface area contributed by atoms with Gasteiger partial charge in [0.1, 0.15) is 6.61 Å². The maximum atomic E-state index is 11.9. The van der Waals surface area contributed by atoms with Gasteiger partial charge in [0.25, 0.3) is 0 Å². The Kier molecular flexibility index (Phi) is 7.32. The van der Waals surface area contributed by atoms with Gasteiger partial charge >= 0.3 is 5.97 Å². The topological polar surface area (TPSA) is 80.3 Å². The molecule has 33 heavy (non-hydrogen) atoms. The summed E-state index contributed by atoms with van der Waals surface area (Å²) in [6.07, 6.45) is 0. The fraction of sp³-hybridized carbons (Fsp3) is 0.269. The average molecular weight is 449 g/mol. The summed E-state index contributed by atoms with van der Waals surface area (Å²) in [5.74, 6) is 0.383. The second-order valence-corrected chi connectivity index (χ2v) is 7.75. The minimum atomic E-state index is -0.943. The standard InChI is InChI=1S/C26H28N2O5/c1-31-25-15-20(7-10-24(25)33-18-19-5-3-2-4-6-19)17-27-21-8-9-23(22(16-21)26(29)30)28-11-13-32-14-12-28/h2-10,15-16,27H,11-14,17-18H2,1H3,(H,29,30). The van der Waals surface area contributed by atoms with Crippen LogP contribution in [0.2, 0.25) is 0 Å². The van der Waals surface area contributed by atoms with E-state index >= 15 is 0 Å². The van der Waals surface area contributed by atoms with Gasteiger partial charge in [0.2, 0.25) is 0 Å². The molecule has 0 unspecified atom stereocenters. The summed E-state index contributed by atoms with van der Waals surface area (Å²) in [5, 5.41) is 13.0. The Bertz CT molecular complexity index is 1080. The number of ether oxygens (including phenoxy) is 3. The van der Waals surface area contributed by atoms with E-state index in [2.05, 4.69) is 10.2 Å². The van der Waals surface area contributed by atoms with Crippen LogP contribution in [0.1, 0.15) is 21.5 Å². The Morgan fingerprint density at radius 3 is 2.52 bits per heavy atom. The van der Waals surface area contributed by atoms with Crippen LogP contribution in [-0.2, 0) is 17.9 Å². The molecule has 7 heteroatoms. The van der Waals surface area contributed by atoms with Crippen molar-refractivity contribution in [2.75, 3.05) is 43.6 Å². The molecule has 3 aromatic rings. The molecule has 1 aliphatic heterocycles. The molecule has 1 saturated heterocycles. The Labute approximate surface area is 193 Å². The molecular formula is C26H28N2O5. The SMILES string of the molecule is COc1cc(CNc2ccc(N3CCOCC3)c(C(=O)O)c2)ccc1OCc1ccccc1. The monoisotopic (exact) mass is 448 g/mol. The zero-order valence-electron chi connectivity index (χ0n) is 18.6. The first kappa shape index (κ1) is 22.5. The zero-order valence-corrected chi connectivity index (χ0v) is 18.6. The van der Waals surface area contributed by atoms with E-state index < -0.39 is 5.97 Å². The van der Waals surface area contributed by atoms with Crippen LogP contribution in [0.5, 0.6) is 11.5 Å². The smallest absolute Gasteiger partial charge is 0.337 e. The van der Waals surface area contributed by atoms with E-state index in [9.17, 15) is 9.90 Å². The van der Waals surface area contributed by atoms with Gasteiger partial charge < -0.3 is 29.5 Å². The highest BCUT2D eigenvalue weighted by Gasteiger charge is 2.19. The molecule has 172 valence electrons. The van der Waals surface area contributed by atoms with Gasteiger partial charge in [0.15, 0.2) is 11.5 Å². The number of nitrogens with zero attached hydrogens (tertiary/aromatic N) is 1.